The first-order chi connectivity index (χ1) is 9.74. The van der Waals surface area contributed by atoms with Gasteiger partial charge in [0.2, 0.25) is 5.92 Å². The minimum Gasteiger partial charge on any atom is -0.271 e. The van der Waals surface area contributed by atoms with Crippen LogP contribution in [0.25, 0.3) is 0 Å². The van der Waals surface area contributed by atoms with E-state index in [9.17, 15) is 22.0 Å². The molecule has 1 unspecified atom stereocenters. The molecule has 0 amide bonds. The van der Waals surface area contributed by atoms with Crippen LogP contribution in [0, 0.1) is 5.92 Å². The number of halogens is 5. The Balaban J connectivity index is 2.27. The first kappa shape index (κ1) is 16.2. The fourth-order valence-electron chi connectivity index (χ4n) is 2.90. The molecule has 2 nitrogen and oxygen atoms in total. The maximum absolute atomic E-state index is 13.2. The van der Waals surface area contributed by atoms with Gasteiger partial charge in [0.15, 0.2) is 0 Å². The Morgan fingerprint density at radius 2 is 1.71 bits per heavy atom. The Kier molecular flexibility index (Phi) is 4.53. The number of rotatable bonds is 3. The topological polar surface area (TPSA) is 38.0 Å². The zero-order valence-corrected chi connectivity index (χ0v) is 11.3. The number of nitrogens with one attached hydrogen (secondary N) is 1. The van der Waals surface area contributed by atoms with Gasteiger partial charge in [-0.2, -0.15) is 13.2 Å². The van der Waals surface area contributed by atoms with E-state index in [0.717, 1.165) is 6.07 Å². The molecule has 7 heteroatoms. The average Bonchev–Trinajstić information content (AvgIpc) is 2.41. The molecule has 0 aromatic heterocycles. The summed E-state index contributed by atoms with van der Waals surface area (Å²) in [6.07, 6.45) is -4.83. The molecule has 0 spiro atoms. The highest BCUT2D eigenvalue weighted by Crippen LogP contribution is 2.43. The maximum atomic E-state index is 13.2. The third-order valence-corrected chi connectivity index (χ3v) is 4.01. The number of hydrogen-bond acceptors (Lipinski definition) is 2. The van der Waals surface area contributed by atoms with Gasteiger partial charge in [-0.15, -0.1) is 0 Å². The zero-order chi connectivity index (χ0) is 15.7. The van der Waals surface area contributed by atoms with Gasteiger partial charge in [-0.25, -0.2) is 8.78 Å². The van der Waals surface area contributed by atoms with Gasteiger partial charge in [0.05, 0.1) is 5.56 Å². The van der Waals surface area contributed by atoms with Crippen LogP contribution in [-0.2, 0) is 6.18 Å². The summed E-state index contributed by atoms with van der Waals surface area (Å²) in [4.78, 5) is 0. The third-order valence-electron chi connectivity index (χ3n) is 4.01. The highest BCUT2D eigenvalue weighted by atomic mass is 19.4. The predicted octanol–water partition coefficient (Wildman–Crippen LogP) is 4.04. The van der Waals surface area contributed by atoms with Crippen molar-refractivity contribution in [2.75, 3.05) is 0 Å². The fourth-order valence-corrected chi connectivity index (χ4v) is 2.90. The summed E-state index contributed by atoms with van der Waals surface area (Å²) in [5.41, 5.74) is 1.63. The Hall–Kier alpha value is -1.21. The van der Waals surface area contributed by atoms with Crippen molar-refractivity contribution in [3.8, 4) is 0 Å². The second kappa shape index (κ2) is 5.88. The SMILES string of the molecule is NNC(c1ccccc1C(F)(F)F)C1CCC(F)(F)CC1. The van der Waals surface area contributed by atoms with Crippen LogP contribution >= 0.6 is 0 Å². The van der Waals surface area contributed by atoms with Crippen LogP contribution in [0.15, 0.2) is 24.3 Å². The van der Waals surface area contributed by atoms with Crippen LogP contribution in [0.1, 0.15) is 42.9 Å². The summed E-state index contributed by atoms with van der Waals surface area (Å²) >= 11 is 0. The van der Waals surface area contributed by atoms with Crippen molar-refractivity contribution in [1.29, 1.82) is 0 Å². The van der Waals surface area contributed by atoms with Crippen LogP contribution in [0.4, 0.5) is 22.0 Å². The first-order valence-corrected chi connectivity index (χ1v) is 6.75. The molecular weight excluding hydrogens is 291 g/mol. The average molecular weight is 308 g/mol. The van der Waals surface area contributed by atoms with E-state index in [-0.39, 0.29) is 37.2 Å². The summed E-state index contributed by atoms with van der Waals surface area (Å²) in [7, 11) is 0. The van der Waals surface area contributed by atoms with Gasteiger partial charge in [0, 0.05) is 18.9 Å². The van der Waals surface area contributed by atoms with Crippen LogP contribution < -0.4 is 11.3 Å². The van der Waals surface area contributed by atoms with Gasteiger partial charge < -0.3 is 0 Å². The molecule has 2 rings (SSSR count). The van der Waals surface area contributed by atoms with Gasteiger partial charge in [-0.3, -0.25) is 11.3 Å². The normalized spacial score (nSPS) is 21.2. The Morgan fingerprint density at radius 1 is 1.14 bits per heavy atom. The second-order valence-electron chi connectivity index (χ2n) is 5.42. The maximum Gasteiger partial charge on any atom is 0.416 e. The van der Waals surface area contributed by atoms with Gasteiger partial charge in [0.25, 0.3) is 0 Å². The Morgan fingerprint density at radius 3 is 2.24 bits per heavy atom. The summed E-state index contributed by atoms with van der Waals surface area (Å²) in [6.45, 7) is 0. The van der Waals surface area contributed by atoms with Gasteiger partial charge in [-0.05, 0) is 30.4 Å². The van der Waals surface area contributed by atoms with Crippen LogP contribution in [-0.4, -0.2) is 5.92 Å². The molecule has 1 aromatic rings. The van der Waals surface area contributed by atoms with Crippen molar-refractivity contribution in [2.45, 2.75) is 43.8 Å². The van der Waals surface area contributed by atoms with Crippen molar-refractivity contribution in [3.63, 3.8) is 0 Å². The van der Waals surface area contributed by atoms with E-state index in [1.165, 1.54) is 18.2 Å². The first-order valence-electron chi connectivity index (χ1n) is 6.75. The van der Waals surface area contributed by atoms with Gasteiger partial charge in [0.1, 0.15) is 0 Å². The lowest BCUT2D eigenvalue weighted by Crippen LogP contribution is -2.38. The molecule has 1 aliphatic carbocycles. The monoisotopic (exact) mass is 308 g/mol. The standard InChI is InChI=1S/C14H17F5N2/c15-13(16)7-5-9(6-8-13)12(21-20)10-3-1-2-4-11(10)14(17,18)19/h1-4,9,12,21H,5-8,20H2. The number of hydrogen-bond donors (Lipinski definition) is 2. The molecule has 1 atom stereocenters. The number of alkyl halides is 5. The summed E-state index contributed by atoms with van der Waals surface area (Å²) < 4.78 is 65.5. The molecule has 1 fully saturated rings. The van der Waals surface area contributed by atoms with E-state index in [4.69, 9.17) is 5.84 Å². The van der Waals surface area contributed by atoms with Crippen molar-refractivity contribution in [1.82, 2.24) is 5.43 Å². The molecular formula is C14H17F5N2. The molecule has 1 aliphatic rings. The summed E-state index contributed by atoms with van der Waals surface area (Å²) in [6, 6.07) is 4.34. The van der Waals surface area contributed by atoms with Crippen molar-refractivity contribution in [3.05, 3.63) is 35.4 Å². The smallest absolute Gasteiger partial charge is 0.271 e. The quantitative estimate of drug-likeness (QED) is 0.502. The van der Waals surface area contributed by atoms with Crippen molar-refractivity contribution in [2.24, 2.45) is 11.8 Å². The van der Waals surface area contributed by atoms with E-state index < -0.39 is 23.7 Å². The lowest BCUT2D eigenvalue weighted by Gasteiger charge is -2.34. The van der Waals surface area contributed by atoms with E-state index in [1.807, 2.05) is 0 Å². The molecule has 0 radical (unpaired) electrons. The molecule has 3 N–H and O–H groups in total. The minimum absolute atomic E-state index is 0.0164. The van der Waals surface area contributed by atoms with Crippen molar-refractivity contribution < 1.29 is 22.0 Å². The lowest BCUT2D eigenvalue weighted by atomic mass is 9.79. The van der Waals surface area contributed by atoms with Crippen LogP contribution in [0.2, 0.25) is 0 Å². The van der Waals surface area contributed by atoms with Crippen LogP contribution in [0.5, 0.6) is 0 Å². The van der Waals surface area contributed by atoms with Gasteiger partial charge >= 0.3 is 6.18 Å². The van der Waals surface area contributed by atoms with Gasteiger partial charge in [-0.1, -0.05) is 18.2 Å². The largest absolute Gasteiger partial charge is 0.416 e. The Labute approximate surface area is 119 Å². The van der Waals surface area contributed by atoms with E-state index in [0.29, 0.717) is 0 Å². The predicted molar refractivity (Wildman–Crippen MR) is 68.4 cm³/mol. The third kappa shape index (κ3) is 3.71. The summed E-state index contributed by atoms with van der Waals surface area (Å²) in [5.74, 6) is 2.35. The second-order valence-corrected chi connectivity index (χ2v) is 5.42. The molecule has 0 aliphatic heterocycles. The minimum atomic E-state index is -4.50. The molecule has 1 aromatic carbocycles. The Bertz CT molecular complexity index is 476. The van der Waals surface area contributed by atoms with E-state index in [1.54, 1.807) is 0 Å². The molecule has 0 saturated heterocycles. The molecule has 118 valence electrons. The molecule has 0 heterocycles. The number of benzene rings is 1. The summed E-state index contributed by atoms with van der Waals surface area (Å²) in [5, 5.41) is 0. The molecule has 21 heavy (non-hydrogen) atoms. The van der Waals surface area contributed by atoms with Crippen molar-refractivity contribution >= 4 is 0 Å². The fraction of sp³-hybridized carbons (Fsp3) is 0.571. The van der Waals surface area contributed by atoms with Crippen LogP contribution in [0.3, 0.4) is 0 Å². The zero-order valence-electron chi connectivity index (χ0n) is 11.3. The highest BCUT2D eigenvalue weighted by Gasteiger charge is 2.41. The number of nitrogens with two attached hydrogens (primary N) is 1. The highest BCUT2D eigenvalue weighted by molar-refractivity contribution is 5.33. The number of hydrazine groups is 1. The van der Waals surface area contributed by atoms with E-state index in [2.05, 4.69) is 5.43 Å². The van der Waals surface area contributed by atoms with E-state index >= 15 is 0 Å². The lowest BCUT2D eigenvalue weighted by molar-refractivity contribution is -0.138. The molecule has 1 saturated carbocycles. The molecule has 0 bridgehead atoms.